The number of amides is 1. The second-order valence-electron chi connectivity index (χ2n) is 7.49. The van der Waals surface area contributed by atoms with E-state index in [2.05, 4.69) is 10.6 Å². The number of nitro benzene ring substituents is 1. The zero-order valence-corrected chi connectivity index (χ0v) is 17.3. The Labute approximate surface area is 180 Å². The first-order valence-electron chi connectivity index (χ1n) is 9.69. The van der Waals surface area contributed by atoms with Gasteiger partial charge < -0.3 is 20.1 Å². The van der Waals surface area contributed by atoms with Crippen LogP contribution in [0.1, 0.15) is 36.0 Å². The van der Waals surface area contributed by atoms with E-state index in [4.69, 9.17) is 9.47 Å². The molecule has 4 rings (SSSR count). The number of hydrogen-bond donors (Lipinski definition) is 2. The number of hydrogen-bond acceptors (Lipinski definition) is 6. The van der Waals surface area contributed by atoms with Crippen LogP contribution in [0.25, 0.3) is 0 Å². The standard InChI is InChI=1S/C21H23N3O5.ClH/c1-28-17-5-7-18(8-6-17)29-20-9-4-16(24(26)27)12-19(20)21(25)23-15-10-13-2-3-14(11-15)22-13;/h4-9,12-15,22H,2-3,10-11H2,1H3,(H,23,25);1H. The molecule has 0 spiro atoms. The largest absolute Gasteiger partial charge is 0.497 e. The van der Waals surface area contributed by atoms with Crippen LogP contribution in [0.5, 0.6) is 17.2 Å². The number of carbonyl (C=O) groups is 1. The Bertz CT molecular complexity index is 909. The number of methoxy groups -OCH3 is 1. The zero-order valence-electron chi connectivity index (χ0n) is 16.5. The highest BCUT2D eigenvalue weighted by atomic mass is 35.5. The van der Waals surface area contributed by atoms with Crippen LogP contribution < -0.4 is 20.1 Å². The Morgan fingerprint density at radius 2 is 1.73 bits per heavy atom. The van der Waals surface area contributed by atoms with Crippen LogP contribution in [-0.2, 0) is 0 Å². The summed E-state index contributed by atoms with van der Waals surface area (Å²) in [7, 11) is 1.57. The van der Waals surface area contributed by atoms with Crippen molar-refractivity contribution in [1.29, 1.82) is 0 Å². The summed E-state index contributed by atoms with van der Waals surface area (Å²) in [4.78, 5) is 23.7. The molecule has 2 heterocycles. The molecule has 2 atom stereocenters. The summed E-state index contributed by atoms with van der Waals surface area (Å²) in [6.07, 6.45) is 3.98. The lowest BCUT2D eigenvalue weighted by molar-refractivity contribution is -0.384. The van der Waals surface area contributed by atoms with E-state index >= 15 is 0 Å². The Balaban J connectivity index is 0.00000256. The minimum Gasteiger partial charge on any atom is -0.497 e. The van der Waals surface area contributed by atoms with Crippen LogP contribution in [0.2, 0.25) is 0 Å². The third-order valence-electron chi connectivity index (χ3n) is 5.51. The van der Waals surface area contributed by atoms with Crippen LogP contribution in [-0.4, -0.2) is 36.1 Å². The van der Waals surface area contributed by atoms with E-state index < -0.39 is 4.92 Å². The number of piperidine rings is 1. The minimum atomic E-state index is -0.515. The average Bonchev–Trinajstić information content (AvgIpc) is 3.06. The number of benzene rings is 2. The fraction of sp³-hybridized carbons (Fsp3) is 0.381. The van der Waals surface area contributed by atoms with E-state index in [0.29, 0.717) is 23.6 Å². The molecule has 2 bridgehead atoms. The van der Waals surface area contributed by atoms with Crippen LogP contribution in [0.4, 0.5) is 5.69 Å². The van der Waals surface area contributed by atoms with E-state index in [-0.39, 0.29) is 41.4 Å². The summed E-state index contributed by atoms with van der Waals surface area (Å²) in [5.41, 5.74) is 0.00325. The monoisotopic (exact) mass is 433 g/mol. The highest BCUT2D eigenvalue weighted by Gasteiger charge is 2.34. The first kappa shape index (κ1) is 21.9. The number of fused-ring (bicyclic) bond motifs is 2. The fourth-order valence-corrected chi connectivity index (χ4v) is 4.11. The van der Waals surface area contributed by atoms with Gasteiger partial charge in [0, 0.05) is 30.3 Å². The molecule has 1 amide bonds. The number of halogens is 1. The lowest BCUT2D eigenvalue weighted by Crippen LogP contribution is -2.48. The summed E-state index contributed by atoms with van der Waals surface area (Å²) in [6.45, 7) is 0. The van der Waals surface area contributed by atoms with Gasteiger partial charge in [-0.3, -0.25) is 14.9 Å². The van der Waals surface area contributed by atoms with Crippen LogP contribution in [0.15, 0.2) is 42.5 Å². The van der Waals surface area contributed by atoms with Gasteiger partial charge in [0.15, 0.2) is 0 Å². The first-order valence-corrected chi connectivity index (χ1v) is 9.69. The molecule has 2 aromatic rings. The molecule has 160 valence electrons. The summed E-state index contributed by atoms with van der Waals surface area (Å²) in [6, 6.07) is 11.9. The Morgan fingerprint density at radius 3 is 2.33 bits per heavy atom. The van der Waals surface area contributed by atoms with Gasteiger partial charge in [0.2, 0.25) is 0 Å². The lowest BCUT2D eigenvalue weighted by atomic mass is 9.99. The van der Waals surface area contributed by atoms with E-state index in [0.717, 1.165) is 25.7 Å². The van der Waals surface area contributed by atoms with Gasteiger partial charge in [0.1, 0.15) is 17.2 Å². The molecule has 2 aliphatic rings. The maximum absolute atomic E-state index is 13.0. The molecule has 0 radical (unpaired) electrons. The number of nitrogens with zero attached hydrogens (tertiary/aromatic N) is 1. The summed E-state index contributed by atoms with van der Waals surface area (Å²) >= 11 is 0. The van der Waals surface area contributed by atoms with Gasteiger partial charge in [-0.25, -0.2) is 0 Å². The zero-order chi connectivity index (χ0) is 20.4. The first-order chi connectivity index (χ1) is 14.0. The predicted molar refractivity (Wildman–Crippen MR) is 114 cm³/mol. The van der Waals surface area contributed by atoms with Crippen molar-refractivity contribution >= 4 is 24.0 Å². The number of nitrogens with one attached hydrogen (secondary N) is 2. The molecule has 2 aliphatic heterocycles. The van der Waals surface area contributed by atoms with Crippen molar-refractivity contribution in [3.8, 4) is 17.2 Å². The number of carbonyl (C=O) groups excluding carboxylic acids is 1. The highest BCUT2D eigenvalue weighted by Crippen LogP contribution is 2.31. The van der Waals surface area contributed by atoms with Crippen LogP contribution >= 0.6 is 12.4 Å². The van der Waals surface area contributed by atoms with Crippen LogP contribution in [0, 0.1) is 10.1 Å². The van der Waals surface area contributed by atoms with Crippen molar-refractivity contribution in [2.24, 2.45) is 0 Å². The quantitative estimate of drug-likeness (QED) is 0.530. The van der Waals surface area contributed by atoms with Gasteiger partial charge in [-0.15, -0.1) is 12.4 Å². The Morgan fingerprint density at radius 1 is 1.10 bits per heavy atom. The molecule has 0 saturated carbocycles. The number of non-ortho nitro benzene ring substituents is 1. The van der Waals surface area contributed by atoms with Crippen molar-refractivity contribution in [2.45, 2.75) is 43.8 Å². The second-order valence-corrected chi connectivity index (χ2v) is 7.49. The molecule has 2 unspecified atom stereocenters. The van der Waals surface area contributed by atoms with E-state index in [1.807, 2.05) is 0 Å². The van der Waals surface area contributed by atoms with Crippen molar-refractivity contribution in [3.05, 3.63) is 58.1 Å². The predicted octanol–water partition coefficient (Wildman–Crippen LogP) is 3.83. The molecule has 2 aromatic carbocycles. The van der Waals surface area contributed by atoms with Gasteiger partial charge in [-0.2, -0.15) is 0 Å². The molecular weight excluding hydrogens is 410 g/mol. The van der Waals surface area contributed by atoms with E-state index in [1.165, 1.54) is 18.2 Å². The van der Waals surface area contributed by atoms with Crippen molar-refractivity contribution in [2.75, 3.05) is 7.11 Å². The van der Waals surface area contributed by atoms with E-state index in [1.54, 1.807) is 31.4 Å². The minimum absolute atomic E-state index is 0. The van der Waals surface area contributed by atoms with Crippen LogP contribution in [0.3, 0.4) is 0 Å². The number of ether oxygens (including phenoxy) is 2. The third-order valence-corrected chi connectivity index (χ3v) is 5.51. The lowest BCUT2D eigenvalue weighted by Gasteiger charge is -2.29. The van der Waals surface area contributed by atoms with E-state index in [9.17, 15) is 14.9 Å². The molecule has 9 heteroatoms. The van der Waals surface area contributed by atoms with Gasteiger partial charge in [-0.1, -0.05) is 0 Å². The molecular formula is C21H24ClN3O5. The molecule has 0 aliphatic carbocycles. The van der Waals surface area contributed by atoms with Gasteiger partial charge >= 0.3 is 0 Å². The fourth-order valence-electron chi connectivity index (χ4n) is 4.11. The number of nitro groups is 1. The summed E-state index contributed by atoms with van der Waals surface area (Å²) < 4.78 is 11.0. The molecule has 2 N–H and O–H groups in total. The van der Waals surface area contributed by atoms with Gasteiger partial charge in [0.25, 0.3) is 11.6 Å². The van der Waals surface area contributed by atoms with Crippen molar-refractivity contribution in [3.63, 3.8) is 0 Å². The topological polar surface area (TPSA) is 103 Å². The van der Waals surface area contributed by atoms with Crippen molar-refractivity contribution < 1.29 is 19.2 Å². The molecule has 2 fully saturated rings. The maximum Gasteiger partial charge on any atom is 0.270 e. The molecule has 0 aromatic heterocycles. The number of rotatable bonds is 6. The molecule has 8 nitrogen and oxygen atoms in total. The van der Waals surface area contributed by atoms with Crippen molar-refractivity contribution in [1.82, 2.24) is 10.6 Å². The van der Waals surface area contributed by atoms with Gasteiger partial charge in [-0.05, 0) is 56.0 Å². The smallest absolute Gasteiger partial charge is 0.270 e. The average molecular weight is 434 g/mol. The summed E-state index contributed by atoms with van der Waals surface area (Å²) in [5.74, 6) is 1.10. The maximum atomic E-state index is 13.0. The summed E-state index contributed by atoms with van der Waals surface area (Å²) in [5, 5.41) is 17.8. The Hall–Kier alpha value is -2.84. The highest BCUT2D eigenvalue weighted by molar-refractivity contribution is 5.98. The SMILES string of the molecule is COc1ccc(Oc2ccc([N+](=O)[O-])cc2C(=O)NC2CC3CCC(C2)N3)cc1.Cl. The molecule has 30 heavy (non-hydrogen) atoms. The van der Waals surface area contributed by atoms with Gasteiger partial charge in [0.05, 0.1) is 17.6 Å². The normalized spacial score (nSPS) is 22.0. The molecule has 2 saturated heterocycles. The second kappa shape index (κ2) is 9.32. The third kappa shape index (κ3) is 4.83. The Kier molecular flexibility index (Phi) is 6.79.